The van der Waals surface area contributed by atoms with Crippen molar-refractivity contribution in [2.75, 3.05) is 6.54 Å². The molecule has 4 nitrogen and oxygen atoms in total. The van der Waals surface area contributed by atoms with Gasteiger partial charge in [-0.1, -0.05) is 23.9 Å². The zero-order chi connectivity index (χ0) is 14.7. The molecule has 1 heterocycles. The second kappa shape index (κ2) is 5.86. The molecule has 1 aromatic rings. The van der Waals surface area contributed by atoms with E-state index in [2.05, 4.69) is 23.1 Å². The highest BCUT2D eigenvalue weighted by Gasteiger charge is 2.23. The maximum Gasteiger partial charge on any atom is 0.279 e. The molecule has 1 atom stereocenters. The summed E-state index contributed by atoms with van der Waals surface area (Å²) in [4.78, 5) is 16.3. The molecule has 1 aliphatic rings. The quantitative estimate of drug-likeness (QED) is 0.858. The van der Waals surface area contributed by atoms with E-state index in [9.17, 15) is 9.18 Å². The van der Waals surface area contributed by atoms with Crippen molar-refractivity contribution in [2.24, 2.45) is 5.16 Å². The van der Waals surface area contributed by atoms with Crippen molar-refractivity contribution in [1.82, 2.24) is 5.32 Å². The second-order valence-electron chi connectivity index (χ2n) is 4.88. The van der Waals surface area contributed by atoms with Gasteiger partial charge in [-0.05, 0) is 36.6 Å². The van der Waals surface area contributed by atoms with Gasteiger partial charge in [0.2, 0.25) is 0 Å². The number of carbonyl (C=O) groups excluding carboxylic acids is 1. The molecule has 1 amide bonds. The molecule has 2 rings (SSSR count). The van der Waals surface area contributed by atoms with Gasteiger partial charge in [-0.25, -0.2) is 4.39 Å². The Morgan fingerprint density at radius 2 is 2.25 bits per heavy atom. The monoisotopic (exact) mass is 276 g/mol. The van der Waals surface area contributed by atoms with Gasteiger partial charge in [0.05, 0.1) is 12.3 Å². The van der Waals surface area contributed by atoms with E-state index in [1.54, 1.807) is 0 Å². The Hall–Kier alpha value is -2.17. The van der Waals surface area contributed by atoms with Gasteiger partial charge in [0.15, 0.2) is 5.83 Å². The summed E-state index contributed by atoms with van der Waals surface area (Å²) >= 11 is 0. The summed E-state index contributed by atoms with van der Waals surface area (Å²) in [6, 6.07) is 6.09. The Morgan fingerprint density at radius 3 is 2.90 bits per heavy atom. The van der Waals surface area contributed by atoms with Gasteiger partial charge in [0.1, 0.15) is 6.10 Å². The first-order chi connectivity index (χ1) is 9.47. The first-order valence-electron chi connectivity index (χ1n) is 6.40. The van der Waals surface area contributed by atoms with Gasteiger partial charge in [0.25, 0.3) is 5.91 Å². The molecule has 0 radical (unpaired) electrons. The lowest BCUT2D eigenvalue weighted by molar-refractivity contribution is -0.119. The van der Waals surface area contributed by atoms with Crippen molar-refractivity contribution in [2.45, 2.75) is 26.4 Å². The second-order valence-corrected chi connectivity index (χ2v) is 4.88. The van der Waals surface area contributed by atoms with Crippen LogP contribution in [0.25, 0.3) is 0 Å². The average Bonchev–Trinajstić information content (AvgIpc) is 2.87. The third-order valence-electron chi connectivity index (χ3n) is 3.31. The van der Waals surface area contributed by atoms with E-state index in [-0.39, 0.29) is 12.6 Å². The number of halogens is 1. The molecule has 0 saturated heterocycles. The number of hydrogen-bond donors (Lipinski definition) is 1. The van der Waals surface area contributed by atoms with Crippen LogP contribution in [-0.4, -0.2) is 24.3 Å². The normalized spacial score (nSPS) is 17.4. The molecule has 0 fully saturated rings. The van der Waals surface area contributed by atoms with E-state index in [1.165, 1.54) is 11.1 Å². The highest BCUT2D eigenvalue weighted by molar-refractivity contribution is 6.01. The van der Waals surface area contributed by atoms with E-state index in [1.807, 2.05) is 26.0 Å². The largest absolute Gasteiger partial charge is 0.390 e. The van der Waals surface area contributed by atoms with E-state index in [0.29, 0.717) is 6.42 Å². The Labute approximate surface area is 117 Å². The van der Waals surface area contributed by atoms with Crippen molar-refractivity contribution in [1.29, 1.82) is 0 Å². The molecule has 1 N–H and O–H groups in total. The minimum absolute atomic E-state index is 0.208. The van der Waals surface area contributed by atoms with Crippen molar-refractivity contribution < 1.29 is 14.0 Å². The number of nitrogens with zero attached hydrogens (tertiary/aromatic N) is 1. The first kappa shape index (κ1) is 14.2. The molecule has 0 saturated carbocycles. The molecular weight excluding hydrogens is 259 g/mol. The predicted octanol–water partition coefficient (Wildman–Crippen LogP) is 2.40. The number of amides is 1. The van der Waals surface area contributed by atoms with Gasteiger partial charge in [0, 0.05) is 6.42 Å². The van der Waals surface area contributed by atoms with Crippen LogP contribution in [0.5, 0.6) is 0 Å². The van der Waals surface area contributed by atoms with E-state index in [0.717, 1.165) is 11.3 Å². The number of hydrogen-bond acceptors (Lipinski definition) is 3. The summed E-state index contributed by atoms with van der Waals surface area (Å²) < 4.78 is 12.5. The van der Waals surface area contributed by atoms with E-state index >= 15 is 0 Å². The molecule has 20 heavy (non-hydrogen) atoms. The van der Waals surface area contributed by atoms with Crippen LogP contribution in [0.1, 0.15) is 23.1 Å². The Bertz CT molecular complexity index is 581. The number of aryl methyl sites for hydroxylation is 2. The maximum absolute atomic E-state index is 12.5. The van der Waals surface area contributed by atoms with Gasteiger partial charge < -0.3 is 10.2 Å². The van der Waals surface area contributed by atoms with Crippen LogP contribution in [0.3, 0.4) is 0 Å². The number of carbonyl (C=O) groups is 1. The van der Waals surface area contributed by atoms with Crippen molar-refractivity contribution in [3.8, 4) is 0 Å². The standard InChI is InChI=1S/C15H17FN2O2/c1-9-4-5-12(6-10(9)2)14-7-13(20-18-14)8-17-15(19)11(3)16/h4-6,13H,3,7-8H2,1-2H3,(H,17,19). The summed E-state index contributed by atoms with van der Waals surface area (Å²) in [5, 5.41) is 6.43. The van der Waals surface area contributed by atoms with Crippen LogP contribution in [0, 0.1) is 13.8 Å². The number of oxime groups is 1. The fourth-order valence-electron chi connectivity index (χ4n) is 1.93. The molecule has 106 valence electrons. The number of rotatable bonds is 4. The fourth-order valence-corrected chi connectivity index (χ4v) is 1.93. The minimum Gasteiger partial charge on any atom is -0.390 e. The zero-order valence-electron chi connectivity index (χ0n) is 11.6. The van der Waals surface area contributed by atoms with Crippen LogP contribution in [-0.2, 0) is 9.63 Å². The van der Waals surface area contributed by atoms with E-state index < -0.39 is 11.7 Å². The highest BCUT2D eigenvalue weighted by Crippen LogP contribution is 2.18. The average molecular weight is 276 g/mol. The van der Waals surface area contributed by atoms with Crippen LogP contribution in [0.15, 0.2) is 35.8 Å². The van der Waals surface area contributed by atoms with Crippen LogP contribution in [0.2, 0.25) is 0 Å². The first-order valence-corrected chi connectivity index (χ1v) is 6.40. The van der Waals surface area contributed by atoms with Gasteiger partial charge in [-0.15, -0.1) is 0 Å². The lowest BCUT2D eigenvalue weighted by Crippen LogP contribution is -2.32. The lowest BCUT2D eigenvalue weighted by atomic mass is 10.0. The van der Waals surface area contributed by atoms with Gasteiger partial charge >= 0.3 is 0 Å². The summed E-state index contributed by atoms with van der Waals surface area (Å²) in [5.74, 6) is -1.81. The molecule has 0 bridgehead atoms. The number of benzene rings is 1. The Morgan fingerprint density at radius 1 is 1.50 bits per heavy atom. The minimum atomic E-state index is -1.00. The summed E-state index contributed by atoms with van der Waals surface area (Å²) in [6.45, 7) is 7.23. The molecule has 1 aliphatic heterocycles. The van der Waals surface area contributed by atoms with Crippen LogP contribution < -0.4 is 5.32 Å². The van der Waals surface area contributed by atoms with Crippen LogP contribution >= 0.6 is 0 Å². The third kappa shape index (κ3) is 3.23. The third-order valence-corrected chi connectivity index (χ3v) is 3.31. The summed E-state index contributed by atoms with van der Waals surface area (Å²) in [7, 11) is 0. The van der Waals surface area contributed by atoms with Gasteiger partial charge in [-0.2, -0.15) is 0 Å². The summed E-state index contributed by atoms with van der Waals surface area (Å²) in [5.41, 5.74) is 4.26. The van der Waals surface area contributed by atoms with Crippen LogP contribution in [0.4, 0.5) is 4.39 Å². The summed E-state index contributed by atoms with van der Waals surface area (Å²) in [6.07, 6.45) is 0.316. The lowest BCUT2D eigenvalue weighted by Gasteiger charge is -2.08. The SMILES string of the molecule is C=C(F)C(=O)NCC1CC(c2ccc(C)c(C)c2)=NO1. The van der Waals surface area contributed by atoms with E-state index in [4.69, 9.17) is 4.84 Å². The molecule has 0 spiro atoms. The smallest absolute Gasteiger partial charge is 0.279 e. The van der Waals surface area contributed by atoms with Gasteiger partial charge in [-0.3, -0.25) is 4.79 Å². The topological polar surface area (TPSA) is 50.7 Å². The molecule has 5 heteroatoms. The Kier molecular flexibility index (Phi) is 4.17. The van der Waals surface area contributed by atoms with Crippen molar-refractivity contribution in [3.05, 3.63) is 47.3 Å². The highest BCUT2D eigenvalue weighted by atomic mass is 19.1. The fraction of sp³-hybridized carbons (Fsp3) is 0.333. The zero-order valence-corrected chi connectivity index (χ0v) is 11.6. The maximum atomic E-state index is 12.5. The number of nitrogens with one attached hydrogen (secondary N) is 1. The molecule has 1 unspecified atom stereocenters. The molecule has 1 aromatic carbocycles. The molecular formula is C15H17FN2O2. The molecule has 0 aliphatic carbocycles. The van der Waals surface area contributed by atoms with Crippen molar-refractivity contribution >= 4 is 11.6 Å². The molecule has 0 aromatic heterocycles. The van der Waals surface area contributed by atoms with Crippen molar-refractivity contribution in [3.63, 3.8) is 0 Å². The predicted molar refractivity (Wildman–Crippen MR) is 75.2 cm³/mol. The Balaban J connectivity index is 1.93.